The summed E-state index contributed by atoms with van der Waals surface area (Å²) in [5.74, 6) is -0.131. The Hall–Kier alpha value is -2.33. The van der Waals surface area contributed by atoms with E-state index in [0.29, 0.717) is 16.3 Å². The largest absolute Gasteiger partial charge is 0.356 e. The van der Waals surface area contributed by atoms with Gasteiger partial charge in [0.25, 0.3) is 0 Å². The molecule has 5 heteroatoms. The molecular weight excluding hydrogens is 312 g/mol. The first-order valence-corrected chi connectivity index (χ1v) is 7.74. The topological polar surface area (TPSA) is 55.1 Å². The lowest BCUT2D eigenvalue weighted by atomic mass is 9.94. The van der Waals surface area contributed by atoms with E-state index in [4.69, 9.17) is 16.1 Å². The summed E-state index contributed by atoms with van der Waals surface area (Å²) in [6.07, 6.45) is 0.158. The van der Waals surface area contributed by atoms with Gasteiger partial charge in [-0.25, -0.2) is 0 Å². The summed E-state index contributed by atoms with van der Waals surface area (Å²) in [5.41, 5.74) is 1.61. The first-order chi connectivity index (χ1) is 11.0. The monoisotopic (exact) mass is 328 g/mol. The standard InChI is InChI=1S/C18H17ClN2O2/c1-18(2,13-8-4-5-9-14(13)19)20-17(22)11-15-12-7-3-6-10-16(12)23-21-15/h3-10H,11H2,1-2H3,(H,20,22). The minimum Gasteiger partial charge on any atom is -0.356 e. The maximum atomic E-state index is 12.4. The number of hydrogen-bond donors (Lipinski definition) is 1. The minimum absolute atomic E-state index is 0.131. The Kier molecular flexibility index (Phi) is 4.09. The molecule has 1 aromatic heterocycles. The quantitative estimate of drug-likeness (QED) is 0.785. The van der Waals surface area contributed by atoms with Crippen LogP contribution in [0, 0.1) is 0 Å². The third-order valence-electron chi connectivity index (χ3n) is 3.78. The Bertz CT molecular complexity index is 855. The number of nitrogens with zero attached hydrogens (tertiary/aromatic N) is 1. The Labute approximate surface area is 139 Å². The molecule has 1 N–H and O–H groups in total. The van der Waals surface area contributed by atoms with Crippen LogP contribution in [-0.2, 0) is 16.8 Å². The highest BCUT2D eigenvalue weighted by molar-refractivity contribution is 6.31. The molecule has 3 aromatic rings. The number of benzene rings is 2. The van der Waals surface area contributed by atoms with Crippen LogP contribution >= 0.6 is 11.6 Å². The number of amides is 1. The van der Waals surface area contributed by atoms with Crippen LogP contribution < -0.4 is 5.32 Å². The molecule has 0 radical (unpaired) electrons. The highest BCUT2D eigenvalue weighted by Gasteiger charge is 2.25. The summed E-state index contributed by atoms with van der Waals surface area (Å²) in [6.45, 7) is 3.85. The van der Waals surface area contributed by atoms with Crippen molar-refractivity contribution < 1.29 is 9.32 Å². The lowest BCUT2D eigenvalue weighted by Crippen LogP contribution is -2.42. The predicted octanol–water partition coefficient (Wildman–Crippen LogP) is 4.08. The highest BCUT2D eigenvalue weighted by Crippen LogP contribution is 2.27. The van der Waals surface area contributed by atoms with Crippen molar-refractivity contribution in [2.75, 3.05) is 0 Å². The van der Waals surface area contributed by atoms with E-state index in [1.165, 1.54) is 0 Å². The predicted molar refractivity (Wildman–Crippen MR) is 90.3 cm³/mol. The lowest BCUT2D eigenvalue weighted by Gasteiger charge is -2.27. The van der Waals surface area contributed by atoms with E-state index in [1.807, 2.05) is 62.4 Å². The van der Waals surface area contributed by atoms with E-state index in [-0.39, 0.29) is 12.3 Å². The number of rotatable bonds is 4. The van der Waals surface area contributed by atoms with Crippen LogP contribution in [0.2, 0.25) is 5.02 Å². The molecule has 0 aliphatic rings. The van der Waals surface area contributed by atoms with Gasteiger partial charge in [-0.2, -0.15) is 0 Å². The van der Waals surface area contributed by atoms with Crippen molar-refractivity contribution >= 4 is 28.5 Å². The molecule has 1 heterocycles. The van der Waals surface area contributed by atoms with Crippen LogP contribution in [0.4, 0.5) is 0 Å². The summed E-state index contributed by atoms with van der Waals surface area (Å²) in [4.78, 5) is 12.4. The number of aromatic nitrogens is 1. The number of nitrogens with one attached hydrogen (secondary N) is 1. The Morgan fingerprint density at radius 2 is 1.87 bits per heavy atom. The number of para-hydroxylation sites is 1. The summed E-state index contributed by atoms with van der Waals surface area (Å²) >= 11 is 6.23. The van der Waals surface area contributed by atoms with E-state index in [2.05, 4.69) is 10.5 Å². The smallest absolute Gasteiger partial charge is 0.226 e. The average Bonchev–Trinajstić information content (AvgIpc) is 2.90. The van der Waals surface area contributed by atoms with Crippen molar-refractivity contribution in [1.29, 1.82) is 0 Å². The molecule has 118 valence electrons. The van der Waals surface area contributed by atoms with Gasteiger partial charge in [-0.05, 0) is 37.6 Å². The molecular formula is C18H17ClN2O2. The molecule has 23 heavy (non-hydrogen) atoms. The van der Waals surface area contributed by atoms with Gasteiger partial charge in [-0.3, -0.25) is 4.79 Å². The normalized spacial score (nSPS) is 11.6. The molecule has 2 aromatic carbocycles. The van der Waals surface area contributed by atoms with Crippen molar-refractivity contribution in [2.24, 2.45) is 0 Å². The minimum atomic E-state index is -0.574. The first-order valence-electron chi connectivity index (χ1n) is 7.37. The SMILES string of the molecule is CC(C)(NC(=O)Cc1noc2ccccc12)c1ccccc1Cl. The van der Waals surface area contributed by atoms with Gasteiger partial charge in [0.1, 0.15) is 5.69 Å². The third-order valence-corrected chi connectivity index (χ3v) is 4.11. The molecule has 0 bridgehead atoms. The zero-order valence-electron chi connectivity index (χ0n) is 13.0. The fourth-order valence-corrected chi connectivity index (χ4v) is 3.02. The van der Waals surface area contributed by atoms with Crippen LogP contribution in [0.3, 0.4) is 0 Å². The van der Waals surface area contributed by atoms with Gasteiger partial charge in [0, 0.05) is 10.4 Å². The molecule has 0 unspecified atom stereocenters. The maximum absolute atomic E-state index is 12.4. The van der Waals surface area contributed by atoms with Crippen molar-refractivity contribution in [1.82, 2.24) is 10.5 Å². The number of fused-ring (bicyclic) bond motifs is 1. The van der Waals surface area contributed by atoms with Crippen molar-refractivity contribution in [3.8, 4) is 0 Å². The van der Waals surface area contributed by atoms with Gasteiger partial charge in [-0.15, -0.1) is 0 Å². The van der Waals surface area contributed by atoms with E-state index < -0.39 is 5.54 Å². The molecule has 0 aliphatic carbocycles. The summed E-state index contributed by atoms with van der Waals surface area (Å²) < 4.78 is 5.23. The molecule has 0 atom stereocenters. The molecule has 0 spiro atoms. The number of carbonyl (C=O) groups excluding carboxylic acids is 1. The van der Waals surface area contributed by atoms with E-state index in [1.54, 1.807) is 0 Å². The average molecular weight is 329 g/mol. The summed E-state index contributed by atoms with van der Waals surface area (Å²) in [5, 5.41) is 8.49. The lowest BCUT2D eigenvalue weighted by molar-refractivity contribution is -0.122. The molecule has 1 amide bonds. The second-order valence-corrected chi connectivity index (χ2v) is 6.36. The van der Waals surface area contributed by atoms with Crippen molar-refractivity contribution in [2.45, 2.75) is 25.8 Å². The van der Waals surface area contributed by atoms with Crippen molar-refractivity contribution in [3.05, 3.63) is 64.8 Å². The van der Waals surface area contributed by atoms with Gasteiger partial charge in [-0.1, -0.05) is 47.1 Å². The van der Waals surface area contributed by atoms with Crippen LogP contribution in [0.1, 0.15) is 25.1 Å². The molecule has 0 saturated carbocycles. The summed E-state index contributed by atoms with van der Waals surface area (Å²) in [7, 11) is 0. The highest BCUT2D eigenvalue weighted by atomic mass is 35.5. The number of hydrogen-bond acceptors (Lipinski definition) is 3. The first kappa shape index (κ1) is 15.6. The van der Waals surface area contributed by atoms with Crippen LogP contribution in [-0.4, -0.2) is 11.1 Å². The van der Waals surface area contributed by atoms with Gasteiger partial charge in [0.05, 0.1) is 12.0 Å². The Morgan fingerprint density at radius 3 is 2.65 bits per heavy atom. The van der Waals surface area contributed by atoms with Gasteiger partial charge in [0.2, 0.25) is 5.91 Å². The molecule has 0 aliphatic heterocycles. The zero-order valence-corrected chi connectivity index (χ0v) is 13.7. The second kappa shape index (κ2) is 6.05. The van der Waals surface area contributed by atoms with E-state index in [0.717, 1.165) is 10.9 Å². The summed E-state index contributed by atoms with van der Waals surface area (Å²) in [6, 6.07) is 15.0. The van der Waals surface area contributed by atoms with E-state index >= 15 is 0 Å². The number of carbonyl (C=O) groups is 1. The zero-order chi connectivity index (χ0) is 16.4. The fraction of sp³-hybridized carbons (Fsp3) is 0.222. The van der Waals surface area contributed by atoms with Gasteiger partial charge in [0.15, 0.2) is 5.58 Å². The molecule has 4 nitrogen and oxygen atoms in total. The van der Waals surface area contributed by atoms with Crippen LogP contribution in [0.25, 0.3) is 11.0 Å². The maximum Gasteiger partial charge on any atom is 0.226 e. The Morgan fingerprint density at radius 1 is 1.17 bits per heavy atom. The van der Waals surface area contributed by atoms with E-state index in [9.17, 15) is 4.79 Å². The number of halogens is 1. The third kappa shape index (κ3) is 3.22. The van der Waals surface area contributed by atoms with Gasteiger partial charge < -0.3 is 9.84 Å². The molecule has 0 fully saturated rings. The Balaban J connectivity index is 1.78. The van der Waals surface area contributed by atoms with Crippen LogP contribution in [0.5, 0.6) is 0 Å². The van der Waals surface area contributed by atoms with Crippen molar-refractivity contribution in [3.63, 3.8) is 0 Å². The fourth-order valence-electron chi connectivity index (χ4n) is 2.65. The molecule has 0 saturated heterocycles. The van der Waals surface area contributed by atoms with Crippen LogP contribution in [0.15, 0.2) is 53.1 Å². The van der Waals surface area contributed by atoms with Gasteiger partial charge >= 0.3 is 0 Å². The molecule has 3 rings (SSSR count). The second-order valence-electron chi connectivity index (χ2n) is 5.96.